The molecule has 3 unspecified atom stereocenters. The predicted molar refractivity (Wildman–Crippen MR) is 61.8 cm³/mol. The summed E-state index contributed by atoms with van der Waals surface area (Å²) in [6.45, 7) is 4.94. The molecule has 3 heteroatoms. The van der Waals surface area contributed by atoms with Gasteiger partial charge in [-0.2, -0.15) is 0 Å². The zero-order valence-corrected chi connectivity index (χ0v) is 10.2. The highest BCUT2D eigenvalue weighted by atomic mass is 16.5. The van der Waals surface area contributed by atoms with Crippen molar-refractivity contribution in [1.29, 1.82) is 0 Å². The summed E-state index contributed by atoms with van der Waals surface area (Å²) in [5.74, 6) is 0.492. The Morgan fingerprint density at radius 3 is 2.53 bits per heavy atom. The second-order valence-corrected chi connectivity index (χ2v) is 4.89. The molecule has 0 amide bonds. The molecule has 0 spiro atoms. The molecule has 1 aliphatic carbocycles. The van der Waals surface area contributed by atoms with Crippen molar-refractivity contribution in [2.24, 2.45) is 11.7 Å². The van der Waals surface area contributed by atoms with Crippen LogP contribution >= 0.6 is 0 Å². The zero-order valence-electron chi connectivity index (χ0n) is 10.2. The molecule has 1 aliphatic rings. The Bertz CT molecular complexity index is 173. The van der Waals surface area contributed by atoms with E-state index in [0.717, 1.165) is 12.8 Å². The lowest BCUT2D eigenvalue weighted by molar-refractivity contribution is -0.0356. The highest BCUT2D eigenvalue weighted by molar-refractivity contribution is 4.74. The van der Waals surface area contributed by atoms with Crippen molar-refractivity contribution in [3.05, 3.63) is 0 Å². The minimum Gasteiger partial charge on any atom is -0.381 e. The van der Waals surface area contributed by atoms with E-state index in [9.17, 15) is 0 Å². The van der Waals surface area contributed by atoms with Crippen LogP contribution in [0.25, 0.3) is 0 Å². The molecule has 0 aliphatic heterocycles. The van der Waals surface area contributed by atoms with Crippen LogP contribution < -0.4 is 5.73 Å². The maximum absolute atomic E-state index is 5.94. The third-order valence-electron chi connectivity index (χ3n) is 3.29. The number of rotatable bonds is 5. The summed E-state index contributed by atoms with van der Waals surface area (Å²) in [4.78, 5) is 0. The second kappa shape index (κ2) is 6.46. The molecule has 15 heavy (non-hydrogen) atoms. The van der Waals surface area contributed by atoms with E-state index in [0.29, 0.717) is 24.7 Å². The standard InChI is InChI=1S/C12H25NO2/c1-9(2)12(13)8-15-11-6-4-5-10(7-11)14-3/h9-12H,4-8,13H2,1-3H3. The largest absolute Gasteiger partial charge is 0.381 e. The Balaban J connectivity index is 2.20. The molecule has 2 N–H and O–H groups in total. The van der Waals surface area contributed by atoms with Crippen LogP contribution in [-0.2, 0) is 9.47 Å². The molecular formula is C12H25NO2. The molecule has 90 valence electrons. The third kappa shape index (κ3) is 4.49. The molecule has 3 nitrogen and oxygen atoms in total. The number of nitrogens with two attached hydrogens (primary N) is 1. The highest BCUT2D eigenvalue weighted by Crippen LogP contribution is 2.23. The monoisotopic (exact) mass is 215 g/mol. The van der Waals surface area contributed by atoms with Crippen molar-refractivity contribution in [3.8, 4) is 0 Å². The summed E-state index contributed by atoms with van der Waals surface area (Å²) in [5, 5.41) is 0. The van der Waals surface area contributed by atoms with Crippen LogP contribution in [0.15, 0.2) is 0 Å². The Labute approximate surface area is 93.3 Å². The Morgan fingerprint density at radius 2 is 1.93 bits per heavy atom. The quantitative estimate of drug-likeness (QED) is 0.762. The zero-order chi connectivity index (χ0) is 11.3. The van der Waals surface area contributed by atoms with Gasteiger partial charge in [0.15, 0.2) is 0 Å². The van der Waals surface area contributed by atoms with Gasteiger partial charge in [-0.05, 0) is 31.6 Å². The first-order chi connectivity index (χ1) is 7.13. The van der Waals surface area contributed by atoms with Crippen LogP contribution in [0.3, 0.4) is 0 Å². The summed E-state index contributed by atoms with van der Waals surface area (Å²) in [5.41, 5.74) is 5.94. The maximum atomic E-state index is 5.94. The Hall–Kier alpha value is -0.120. The second-order valence-electron chi connectivity index (χ2n) is 4.89. The van der Waals surface area contributed by atoms with Gasteiger partial charge in [-0.1, -0.05) is 13.8 Å². The Morgan fingerprint density at radius 1 is 1.27 bits per heavy atom. The van der Waals surface area contributed by atoms with Gasteiger partial charge in [-0.25, -0.2) is 0 Å². The molecular weight excluding hydrogens is 190 g/mol. The summed E-state index contributed by atoms with van der Waals surface area (Å²) in [6.07, 6.45) is 5.31. The number of hydrogen-bond acceptors (Lipinski definition) is 3. The minimum atomic E-state index is 0.160. The lowest BCUT2D eigenvalue weighted by atomic mass is 9.95. The molecule has 0 aromatic carbocycles. The van der Waals surface area contributed by atoms with Gasteiger partial charge in [-0.3, -0.25) is 0 Å². The van der Waals surface area contributed by atoms with Crippen molar-refractivity contribution in [3.63, 3.8) is 0 Å². The van der Waals surface area contributed by atoms with Gasteiger partial charge in [0.05, 0.1) is 18.8 Å². The van der Waals surface area contributed by atoms with E-state index in [-0.39, 0.29) is 6.04 Å². The van der Waals surface area contributed by atoms with Gasteiger partial charge in [-0.15, -0.1) is 0 Å². The molecule has 0 saturated heterocycles. The fraction of sp³-hybridized carbons (Fsp3) is 1.00. The number of methoxy groups -OCH3 is 1. The van der Waals surface area contributed by atoms with Crippen LogP contribution in [-0.4, -0.2) is 32.0 Å². The van der Waals surface area contributed by atoms with Crippen molar-refractivity contribution >= 4 is 0 Å². The first-order valence-electron chi connectivity index (χ1n) is 6.03. The van der Waals surface area contributed by atoms with Gasteiger partial charge < -0.3 is 15.2 Å². The van der Waals surface area contributed by atoms with Crippen LogP contribution in [0.1, 0.15) is 39.5 Å². The summed E-state index contributed by atoms with van der Waals surface area (Å²) in [6, 6.07) is 0.160. The molecule has 3 atom stereocenters. The van der Waals surface area contributed by atoms with Crippen molar-refractivity contribution in [1.82, 2.24) is 0 Å². The lowest BCUT2D eigenvalue weighted by Crippen LogP contribution is -2.36. The fourth-order valence-electron chi connectivity index (χ4n) is 1.91. The fourth-order valence-corrected chi connectivity index (χ4v) is 1.91. The predicted octanol–water partition coefficient (Wildman–Crippen LogP) is 1.94. The van der Waals surface area contributed by atoms with Gasteiger partial charge in [0.2, 0.25) is 0 Å². The van der Waals surface area contributed by atoms with Crippen molar-refractivity contribution in [2.75, 3.05) is 13.7 Å². The average Bonchev–Trinajstić information content (AvgIpc) is 2.26. The number of ether oxygens (including phenoxy) is 2. The molecule has 0 aromatic heterocycles. The van der Waals surface area contributed by atoms with Crippen molar-refractivity contribution < 1.29 is 9.47 Å². The third-order valence-corrected chi connectivity index (χ3v) is 3.29. The molecule has 0 aromatic rings. The van der Waals surface area contributed by atoms with Crippen molar-refractivity contribution in [2.45, 2.75) is 57.8 Å². The SMILES string of the molecule is COC1CCCC(OCC(N)C(C)C)C1. The van der Waals surface area contributed by atoms with Gasteiger partial charge in [0, 0.05) is 13.2 Å². The molecule has 1 fully saturated rings. The van der Waals surface area contributed by atoms with E-state index in [1.54, 1.807) is 7.11 Å². The van der Waals surface area contributed by atoms with Gasteiger partial charge >= 0.3 is 0 Å². The van der Waals surface area contributed by atoms with Crippen LogP contribution in [0.4, 0.5) is 0 Å². The van der Waals surface area contributed by atoms with Crippen LogP contribution in [0, 0.1) is 5.92 Å². The molecule has 0 heterocycles. The smallest absolute Gasteiger partial charge is 0.0623 e. The maximum Gasteiger partial charge on any atom is 0.0623 e. The van der Waals surface area contributed by atoms with E-state index >= 15 is 0 Å². The molecule has 0 bridgehead atoms. The van der Waals surface area contributed by atoms with E-state index < -0.39 is 0 Å². The summed E-state index contributed by atoms with van der Waals surface area (Å²) >= 11 is 0. The molecule has 0 radical (unpaired) electrons. The van der Waals surface area contributed by atoms with E-state index in [1.807, 2.05) is 0 Å². The first-order valence-corrected chi connectivity index (χ1v) is 6.03. The minimum absolute atomic E-state index is 0.160. The van der Waals surface area contributed by atoms with E-state index in [4.69, 9.17) is 15.2 Å². The van der Waals surface area contributed by atoms with Crippen LogP contribution in [0.2, 0.25) is 0 Å². The summed E-state index contributed by atoms with van der Waals surface area (Å²) in [7, 11) is 1.78. The highest BCUT2D eigenvalue weighted by Gasteiger charge is 2.22. The molecule has 1 rings (SSSR count). The van der Waals surface area contributed by atoms with Crippen LogP contribution in [0.5, 0.6) is 0 Å². The normalized spacial score (nSPS) is 29.4. The average molecular weight is 215 g/mol. The van der Waals surface area contributed by atoms with Gasteiger partial charge in [0.25, 0.3) is 0 Å². The summed E-state index contributed by atoms with van der Waals surface area (Å²) < 4.78 is 11.2. The van der Waals surface area contributed by atoms with E-state index in [1.165, 1.54) is 12.8 Å². The topological polar surface area (TPSA) is 44.5 Å². The number of hydrogen-bond donors (Lipinski definition) is 1. The Kier molecular flexibility index (Phi) is 5.58. The van der Waals surface area contributed by atoms with E-state index in [2.05, 4.69) is 13.8 Å². The van der Waals surface area contributed by atoms with Gasteiger partial charge in [0.1, 0.15) is 0 Å². The lowest BCUT2D eigenvalue weighted by Gasteiger charge is -2.29. The first kappa shape index (κ1) is 12.9. The molecule has 1 saturated carbocycles.